The van der Waals surface area contributed by atoms with Gasteiger partial charge in [0.25, 0.3) is 0 Å². The van der Waals surface area contributed by atoms with E-state index in [9.17, 15) is 13.2 Å². The summed E-state index contributed by atoms with van der Waals surface area (Å²) in [5.41, 5.74) is 6.82. The van der Waals surface area contributed by atoms with Crippen LogP contribution in [-0.2, 0) is 26.1 Å². The number of carbonyl (C=O) groups is 1. The van der Waals surface area contributed by atoms with Crippen molar-refractivity contribution < 1.29 is 17.9 Å². The maximum atomic E-state index is 12.0. The van der Waals surface area contributed by atoms with Gasteiger partial charge in [-0.1, -0.05) is 30.3 Å². The minimum Gasteiger partial charge on any atom is -0.381 e. The zero-order chi connectivity index (χ0) is 17.4. The van der Waals surface area contributed by atoms with Crippen LogP contribution in [0.4, 0.5) is 0 Å². The molecule has 7 nitrogen and oxygen atoms in total. The second kappa shape index (κ2) is 10.7. The number of nitrogens with two attached hydrogens (primary N) is 1. The summed E-state index contributed by atoms with van der Waals surface area (Å²) in [6.45, 7) is 1.51. The molecule has 1 fully saturated rings. The number of sulfonamides is 1. The average molecular weight is 392 g/mol. The molecule has 0 saturated carbocycles. The van der Waals surface area contributed by atoms with Gasteiger partial charge >= 0.3 is 0 Å². The van der Waals surface area contributed by atoms with E-state index in [-0.39, 0.29) is 43.1 Å². The second-order valence-corrected chi connectivity index (χ2v) is 7.82. The van der Waals surface area contributed by atoms with Gasteiger partial charge in [0.15, 0.2) is 0 Å². The van der Waals surface area contributed by atoms with Crippen LogP contribution in [0.15, 0.2) is 30.3 Å². The van der Waals surface area contributed by atoms with Crippen molar-refractivity contribution in [2.45, 2.75) is 25.4 Å². The Kier molecular flexibility index (Phi) is 9.37. The maximum Gasteiger partial charge on any atom is 0.237 e. The highest BCUT2D eigenvalue weighted by Crippen LogP contribution is 2.17. The molecule has 9 heteroatoms. The van der Waals surface area contributed by atoms with E-state index in [4.69, 9.17) is 10.5 Å². The molecule has 0 aromatic heterocycles. The van der Waals surface area contributed by atoms with Gasteiger partial charge in [-0.2, -0.15) is 0 Å². The van der Waals surface area contributed by atoms with Gasteiger partial charge in [-0.3, -0.25) is 4.79 Å². The number of carbonyl (C=O) groups excluding carboxylic acids is 1. The molecule has 0 bridgehead atoms. The first-order valence-corrected chi connectivity index (χ1v) is 9.75. The smallest absolute Gasteiger partial charge is 0.237 e. The Morgan fingerprint density at radius 1 is 1.24 bits per heavy atom. The van der Waals surface area contributed by atoms with E-state index in [1.807, 2.05) is 30.3 Å². The summed E-state index contributed by atoms with van der Waals surface area (Å²) in [6, 6.07) is 8.64. The molecule has 4 N–H and O–H groups in total. The van der Waals surface area contributed by atoms with Crippen molar-refractivity contribution >= 4 is 28.3 Å². The Hall–Kier alpha value is -1.19. The first-order valence-electron chi connectivity index (χ1n) is 8.10. The number of ether oxygens (including phenoxy) is 1. The highest BCUT2D eigenvalue weighted by molar-refractivity contribution is 7.89. The third-order valence-corrected chi connectivity index (χ3v) is 5.41. The lowest BCUT2D eigenvalue weighted by atomic mass is 9.92. The molecule has 2 rings (SSSR count). The zero-order valence-electron chi connectivity index (χ0n) is 14.0. The molecule has 1 heterocycles. The van der Waals surface area contributed by atoms with E-state index < -0.39 is 16.1 Å². The highest BCUT2D eigenvalue weighted by atomic mass is 35.5. The molecule has 25 heavy (non-hydrogen) atoms. The Morgan fingerprint density at radius 2 is 1.88 bits per heavy atom. The lowest BCUT2D eigenvalue weighted by Gasteiger charge is -2.26. The van der Waals surface area contributed by atoms with Gasteiger partial charge in [0, 0.05) is 26.3 Å². The van der Waals surface area contributed by atoms with Crippen LogP contribution in [0.3, 0.4) is 0 Å². The number of amides is 1. The minimum atomic E-state index is -3.45. The van der Waals surface area contributed by atoms with Crippen molar-refractivity contribution in [2.24, 2.45) is 11.7 Å². The highest BCUT2D eigenvalue weighted by Gasteiger charge is 2.26. The molecule has 0 aliphatic carbocycles. The van der Waals surface area contributed by atoms with Crippen LogP contribution in [-0.4, -0.2) is 45.9 Å². The van der Waals surface area contributed by atoms with Gasteiger partial charge in [-0.05, 0) is 24.3 Å². The van der Waals surface area contributed by atoms with Gasteiger partial charge < -0.3 is 15.8 Å². The summed E-state index contributed by atoms with van der Waals surface area (Å²) >= 11 is 0. The van der Waals surface area contributed by atoms with Gasteiger partial charge in [0.2, 0.25) is 15.9 Å². The molecular weight excluding hydrogens is 366 g/mol. The molecule has 142 valence electrons. The SMILES string of the molecule is Cl.NC(C(=O)NCCS(=O)(=O)NCc1ccccc1)C1CCOCC1. The summed E-state index contributed by atoms with van der Waals surface area (Å²) in [7, 11) is -3.45. The fraction of sp³-hybridized carbons (Fsp3) is 0.562. The predicted octanol–water partition coefficient (Wildman–Crippen LogP) is 0.398. The van der Waals surface area contributed by atoms with Crippen LogP contribution in [0.1, 0.15) is 18.4 Å². The molecular formula is C16H26ClN3O4S. The van der Waals surface area contributed by atoms with E-state index in [2.05, 4.69) is 10.0 Å². The van der Waals surface area contributed by atoms with Crippen LogP contribution in [0.5, 0.6) is 0 Å². The van der Waals surface area contributed by atoms with Crippen molar-refractivity contribution in [3.8, 4) is 0 Å². The van der Waals surface area contributed by atoms with Crippen LogP contribution < -0.4 is 15.8 Å². The number of benzene rings is 1. The fourth-order valence-corrected chi connectivity index (χ4v) is 3.48. The molecule has 1 aromatic carbocycles. The molecule has 1 amide bonds. The van der Waals surface area contributed by atoms with E-state index in [0.717, 1.165) is 18.4 Å². The van der Waals surface area contributed by atoms with Crippen LogP contribution in [0.25, 0.3) is 0 Å². The third kappa shape index (κ3) is 7.70. The monoisotopic (exact) mass is 391 g/mol. The standard InChI is InChI=1S/C16H25N3O4S.ClH/c17-15(14-6-9-23-10-7-14)16(20)18-8-11-24(21,22)19-12-13-4-2-1-3-5-13;/h1-5,14-15,19H,6-12,17H2,(H,18,20);1H. The van der Waals surface area contributed by atoms with Gasteiger partial charge in [-0.25, -0.2) is 13.1 Å². The van der Waals surface area contributed by atoms with Crippen molar-refractivity contribution in [3.05, 3.63) is 35.9 Å². The van der Waals surface area contributed by atoms with Crippen LogP contribution in [0.2, 0.25) is 0 Å². The molecule has 1 saturated heterocycles. The molecule has 1 unspecified atom stereocenters. The summed E-state index contributed by atoms with van der Waals surface area (Å²) in [4.78, 5) is 12.0. The van der Waals surface area contributed by atoms with Crippen LogP contribution >= 0.6 is 12.4 Å². The van der Waals surface area contributed by atoms with Gasteiger partial charge in [0.1, 0.15) is 0 Å². The van der Waals surface area contributed by atoms with Crippen molar-refractivity contribution in [2.75, 3.05) is 25.5 Å². The minimum absolute atomic E-state index is 0. The van der Waals surface area contributed by atoms with Crippen LogP contribution in [0, 0.1) is 5.92 Å². The zero-order valence-corrected chi connectivity index (χ0v) is 15.7. The fourth-order valence-electron chi connectivity index (χ4n) is 2.58. The third-order valence-electron chi connectivity index (χ3n) is 4.09. The topological polar surface area (TPSA) is 111 Å². The van der Waals surface area contributed by atoms with E-state index in [1.54, 1.807) is 0 Å². The predicted molar refractivity (Wildman–Crippen MR) is 98.8 cm³/mol. The lowest BCUT2D eigenvalue weighted by Crippen LogP contribution is -2.48. The van der Waals surface area contributed by atoms with Crippen molar-refractivity contribution in [3.63, 3.8) is 0 Å². The summed E-state index contributed by atoms with van der Waals surface area (Å²) in [5, 5.41) is 2.61. The Bertz CT molecular complexity index is 622. The summed E-state index contributed by atoms with van der Waals surface area (Å²) in [5.74, 6) is -0.391. The Morgan fingerprint density at radius 3 is 2.52 bits per heavy atom. The average Bonchev–Trinajstić information content (AvgIpc) is 2.61. The van der Waals surface area contributed by atoms with E-state index in [0.29, 0.717) is 13.2 Å². The number of halogens is 1. The quantitative estimate of drug-likeness (QED) is 0.594. The van der Waals surface area contributed by atoms with E-state index >= 15 is 0 Å². The molecule has 1 aliphatic heterocycles. The summed E-state index contributed by atoms with van der Waals surface area (Å²) < 4.78 is 31.7. The molecule has 1 atom stereocenters. The first kappa shape index (κ1) is 21.9. The maximum absolute atomic E-state index is 12.0. The molecule has 0 spiro atoms. The molecule has 1 aromatic rings. The first-order chi connectivity index (χ1) is 11.5. The lowest BCUT2D eigenvalue weighted by molar-refractivity contribution is -0.124. The van der Waals surface area contributed by atoms with Gasteiger partial charge in [-0.15, -0.1) is 12.4 Å². The largest absolute Gasteiger partial charge is 0.381 e. The second-order valence-electron chi connectivity index (χ2n) is 5.89. The van der Waals surface area contributed by atoms with E-state index in [1.165, 1.54) is 0 Å². The van der Waals surface area contributed by atoms with Gasteiger partial charge in [0.05, 0.1) is 11.8 Å². The summed E-state index contributed by atoms with van der Waals surface area (Å²) in [6.07, 6.45) is 1.51. The number of rotatable bonds is 8. The Balaban J connectivity index is 0.00000312. The van der Waals surface area contributed by atoms with Crippen molar-refractivity contribution in [1.82, 2.24) is 10.0 Å². The Labute approximate surface area is 155 Å². The number of nitrogens with one attached hydrogen (secondary N) is 2. The molecule has 1 aliphatic rings. The number of hydrogen-bond donors (Lipinski definition) is 3. The molecule has 0 radical (unpaired) electrons. The normalized spacial score (nSPS) is 16.7. The van der Waals surface area contributed by atoms with Crippen molar-refractivity contribution in [1.29, 1.82) is 0 Å². The number of hydrogen-bond acceptors (Lipinski definition) is 5.